The van der Waals surface area contributed by atoms with E-state index in [9.17, 15) is 10.1 Å². The van der Waals surface area contributed by atoms with Gasteiger partial charge in [0.15, 0.2) is 0 Å². The van der Waals surface area contributed by atoms with E-state index in [4.69, 9.17) is 14.7 Å². The van der Waals surface area contributed by atoms with Crippen LogP contribution in [0.2, 0.25) is 0 Å². The molecule has 4 aliphatic rings. The zero-order chi connectivity index (χ0) is 31.3. The van der Waals surface area contributed by atoms with Crippen molar-refractivity contribution in [3.05, 3.63) is 59.5 Å². The Kier molecular flexibility index (Phi) is 7.60. The summed E-state index contributed by atoms with van der Waals surface area (Å²) >= 11 is 0. The number of nitriles is 1. The average molecular weight is 608 g/mol. The topological polar surface area (TPSA) is 88.8 Å². The van der Waals surface area contributed by atoms with E-state index in [-0.39, 0.29) is 24.0 Å². The number of likely N-dealkylation sites (N-methyl/N-ethyl adjacent to an activating group) is 1. The molecule has 0 spiro atoms. The van der Waals surface area contributed by atoms with Gasteiger partial charge in [-0.2, -0.15) is 5.26 Å². The van der Waals surface area contributed by atoms with Gasteiger partial charge >= 0.3 is 6.09 Å². The molecule has 0 unspecified atom stereocenters. The first-order valence-electron chi connectivity index (χ1n) is 16.6. The first-order chi connectivity index (χ1) is 21.7. The third-order valence-corrected chi connectivity index (χ3v) is 10.3. The Morgan fingerprint density at radius 2 is 1.84 bits per heavy atom. The van der Waals surface area contributed by atoms with Gasteiger partial charge < -0.3 is 24.3 Å². The van der Waals surface area contributed by atoms with Crippen LogP contribution in [0.15, 0.2) is 42.5 Å². The molecule has 2 saturated heterocycles. The van der Waals surface area contributed by atoms with Crippen LogP contribution < -0.4 is 9.80 Å². The van der Waals surface area contributed by atoms with Gasteiger partial charge in [0.25, 0.3) is 0 Å². The summed E-state index contributed by atoms with van der Waals surface area (Å²) in [6.07, 6.45) is 5.40. The second-order valence-electron chi connectivity index (χ2n) is 14.4. The largest absolute Gasteiger partial charge is 0.444 e. The van der Waals surface area contributed by atoms with Gasteiger partial charge in [-0.1, -0.05) is 36.4 Å². The maximum Gasteiger partial charge on any atom is 0.410 e. The zero-order valence-corrected chi connectivity index (χ0v) is 27.1. The predicted octanol–water partition coefficient (Wildman–Crippen LogP) is 5.66. The van der Waals surface area contributed by atoms with Gasteiger partial charge in [-0.25, -0.2) is 14.8 Å². The number of fused-ring (bicyclic) bond motifs is 2. The van der Waals surface area contributed by atoms with Gasteiger partial charge in [0.05, 0.1) is 30.8 Å². The Hall–Kier alpha value is -3.90. The number of aromatic nitrogens is 2. The predicted molar refractivity (Wildman–Crippen MR) is 176 cm³/mol. The summed E-state index contributed by atoms with van der Waals surface area (Å²) in [6.45, 7) is 10.1. The molecule has 0 N–H and O–H groups in total. The number of nitrogens with zero attached hydrogens (tertiary/aromatic N) is 7. The van der Waals surface area contributed by atoms with Crippen LogP contribution >= 0.6 is 0 Å². The second-order valence-corrected chi connectivity index (χ2v) is 14.4. The molecule has 236 valence electrons. The number of amides is 1. The lowest BCUT2D eigenvalue weighted by Gasteiger charge is -2.43. The number of piperazine rings is 1. The highest BCUT2D eigenvalue weighted by atomic mass is 16.6. The number of likely N-dealkylation sites (tertiary alicyclic amines) is 1. The van der Waals surface area contributed by atoms with Gasteiger partial charge in [0.2, 0.25) is 0 Å². The first kappa shape index (κ1) is 29.8. The van der Waals surface area contributed by atoms with Crippen molar-refractivity contribution in [2.45, 2.75) is 88.9 Å². The molecule has 7 rings (SSSR count). The molecule has 3 fully saturated rings. The summed E-state index contributed by atoms with van der Waals surface area (Å²) in [5.74, 6) is 1.99. The molecule has 1 aromatic heterocycles. The zero-order valence-electron chi connectivity index (χ0n) is 27.1. The highest BCUT2D eigenvalue weighted by Crippen LogP contribution is 2.54. The van der Waals surface area contributed by atoms with Crippen molar-refractivity contribution in [3.63, 3.8) is 0 Å². The standard InChI is InChI=1S/C36H45N7O2/c1-35(2,3)45-34(44)43-22-21-42(23-26(43)14-18-37)32-28-15-20-41(30-12-7-10-25-9-5-6-11-27(25)30)24-29(28)38-33(39-32)36(16-17-36)31-13-8-19-40(31)4/h5-7,9-12,26,31H,8,13-17,19-24H2,1-4H3/t26-,31+/m0/s1. The number of rotatable bonds is 5. The minimum Gasteiger partial charge on any atom is -0.444 e. The lowest BCUT2D eigenvalue weighted by atomic mass is 9.92. The SMILES string of the molecule is CN1CCC[C@@H]1C1(c2nc3c(c(N4CCN(C(=O)OC(C)(C)C)[C@@H](CC#N)C4)n2)CCN(c2cccc4ccccc24)C3)CC1. The first-order valence-corrected chi connectivity index (χ1v) is 16.6. The lowest BCUT2D eigenvalue weighted by molar-refractivity contribution is 0.0144. The second kappa shape index (κ2) is 11.5. The van der Waals surface area contributed by atoms with Crippen molar-refractivity contribution in [3.8, 4) is 6.07 Å². The van der Waals surface area contributed by atoms with E-state index in [0.717, 1.165) is 56.2 Å². The van der Waals surface area contributed by atoms with Crippen LogP contribution in [0.3, 0.4) is 0 Å². The fraction of sp³-hybridized carbons (Fsp3) is 0.556. The monoisotopic (exact) mass is 607 g/mol. The molecule has 3 aliphatic heterocycles. The molecule has 2 atom stereocenters. The van der Waals surface area contributed by atoms with E-state index >= 15 is 0 Å². The molecular formula is C36H45N7O2. The molecule has 0 bridgehead atoms. The molecule has 0 radical (unpaired) electrons. The summed E-state index contributed by atoms with van der Waals surface area (Å²) in [6, 6.07) is 17.7. The Balaban J connectivity index is 1.25. The van der Waals surface area contributed by atoms with E-state index in [1.54, 1.807) is 4.90 Å². The minimum absolute atomic E-state index is 0.00113. The molecule has 2 aromatic carbocycles. The number of ether oxygens (including phenoxy) is 1. The number of hydrogen-bond acceptors (Lipinski definition) is 8. The van der Waals surface area contributed by atoms with E-state index < -0.39 is 5.60 Å². The van der Waals surface area contributed by atoms with Crippen molar-refractivity contribution in [1.29, 1.82) is 5.26 Å². The van der Waals surface area contributed by atoms with Crippen molar-refractivity contribution in [2.75, 3.05) is 49.6 Å². The van der Waals surface area contributed by atoms with Crippen molar-refractivity contribution < 1.29 is 9.53 Å². The Morgan fingerprint density at radius 1 is 1.04 bits per heavy atom. The third-order valence-electron chi connectivity index (χ3n) is 10.3. The highest BCUT2D eigenvalue weighted by molar-refractivity contribution is 5.94. The molecule has 1 amide bonds. The number of anilines is 2. The third kappa shape index (κ3) is 5.58. The summed E-state index contributed by atoms with van der Waals surface area (Å²) in [4.78, 5) is 33.1. The van der Waals surface area contributed by atoms with E-state index in [1.165, 1.54) is 34.9 Å². The molecule has 9 nitrogen and oxygen atoms in total. The number of carbonyl (C=O) groups excluding carboxylic acids is 1. The van der Waals surface area contributed by atoms with Gasteiger partial charge in [0.1, 0.15) is 17.2 Å². The van der Waals surface area contributed by atoms with E-state index in [1.807, 2.05) is 20.8 Å². The Bertz CT molecular complexity index is 1630. The maximum atomic E-state index is 13.2. The summed E-state index contributed by atoms with van der Waals surface area (Å²) < 4.78 is 5.73. The maximum absolute atomic E-state index is 13.2. The van der Waals surface area contributed by atoms with Crippen molar-refractivity contribution >= 4 is 28.4 Å². The van der Waals surface area contributed by atoms with Gasteiger partial charge in [-0.15, -0.1) is 0 Å². The van der Waals surface area contributed by atoms with Gasteiger partial charge in [-0.05, 0) is 77.9 Å². The smallest absolute Gasteiger partial charge is 0.410 e. The average Bonchev–Trinajstić information content (AvgIpc) is 3.72. The number of benzene rings is 2. The van der Waals surface area contributed by atoms with Crippen LogP contribution in [-0.2, 0) is 23.1 Å². The van der Waals surface area contributed by atoms with Crippen LogP contribution in [0.5, 0.6) is 0 Å². The van der Waals surface area contributed by atoms with Gasteiger partial charge in [0, 0.05) is 54.3 Å². The summed E-state index contributed by atoms with van der Waals surface area (Å²) in [5, 5.41) is 12.2. The van der Waals surface area contributed by atoms with Crippen LogP contribution in [0.25, 0.3) is 10.8 Å². The molecule has 9 heteroatoms. The van der Waals surface area contributed by atoms with Crippen LogP contribution in [0.4, 0.5) is 16.3 Å². The summed E-state index contributed by atoms with van der Waals surface area (Å²) in [7, 11) is 2.25. The van der Waals surface area contributed by atoms with Crippen molar-refractivity contribution in [1.82, 2.24) is 19.8 Å². The number of hydrogen-bond donors (Lipinski definition) is 0. The Labute approximate surface area is 266 Å². The van der Waals surface area contributed by atoms with Gasteiger partial charge in [-0.3, -0.25) is 0 Å². The fourth-order valence-electron chi connectivity index (χ4n) is 7.92. The summed E-state index contributed by atoms with van der Waals surface area (Å²) in [5.41, 5.74) is 2.99. The molecule has 4 heterocycles. The molecular weight excluding hydrogens is 562 g/mol. The molecule has 3 aromatic rings. The molecule has 45 heavy (non-hydrogen) atoms. The highest BCUT2D eigenvalue weighted by Gasteiger charge is 2.56. The minimum atomic E-state index is -0.589. The van der Waals surface area contributed by atoms with Crippen LogP contribution in [0, 0.1) is 11.3 Å². The van der Waals surface area contributed by atoms with Crippen LogP contribution in [0.1, 0.15) is 70.0 Å². The lowest BCUT2D eigenvalue weighted by Crippen LogP contribution is -2.56. The normalized spacial score (nSPS) is 23.1. The number of carbonyl (C=O) groups is 1. The van der Waals surface area contributed by atoms with Crippen LogP contribution in [-0.4, -0.2) is 83.3 Å². The van der Waals surface area contributed by atoms with Crippen molar-refractivity contribution in [2.24, 2.45) is 0 Å². The van der Waals surface area contributed by atoms with E-state index in [2.05, 4.69) is 70.3 Å². The molecule has 1 saturated carbocycles. The fourth-order valence-corrected chi connectivity index (χ4v) is 7.92. The quantitative estimate of drug-likeness (QED) is 0.367. The Morgan fingerprint density at radius 3 is 2.58 bits per heavy atom. The molecule has 1 aliphatic carbocycles. The van der Waals surface area contributed by atoms with E-state index in [0.29, 0.717) is 25.7 Å².